The zero-order chi connectivity index (χ0) is 15.2. The normalized spacial score (nSPS) is 12.4. The molecule has 2 aromatic rings. The first-order valence-electron chi connectivity index (χ1n) is 6.60. The highest BCUT2D eigenvalue weighted by Gasteiger charge is 2.09. The van der Waals surface area contributed by atoms with Crippen molar-refractivity contribution in [2.24, 2.45) is 0 Å². The van der Waals surface area contributed by atoms with Crippen molar-refractivity contribution in [3.63, 3.8) is 0 Å². The van der Waals surface area contributed by atoms with Crippen molar-refractivity contribution in [2.75, 3.05) is 0 Å². The van der Waals surface area contributed by atoms with Crippen LogP contribution in [0.25, 0.3) is 0 Å². The molecule has 0 fully saturated rings. The van der Waals surface area contributed by atoms with E-state index in [2.05, 4.69) is 10.1 Å². The van der Waals surface area contributed by atoms with E-state index in [0.29, 0.717) is 6.54 Å². The second kappa shape index (κ2) is 7.04. The molecule has 0 radical (unpaired) electrons. The van der Waals surface area contributed by atoms with Crippen LogP contribution in [0.2, 0.25) is 0 Å². The van der Waals surface area contributed by atoms with E-state index in [1.807, 2.05) is 19.1 Å². The van der Waals surface area contributed by atoms with Gasteiger partial charge >= 0.3 is 6.61 Å². The molecule has 3 nitrogen and oxygen atoms in total. The zero-order valence-corrected chi connectivity index (χ0v) is 11.6. The van der Waals surface area contributed by atoms with Crippen LogP contribution >= 0.6 is 0 Å². The Kier molecular flexibility index (Phi) is 5.11. The second-order valence-electron chi connectivity index (χ2n) is 4.72. The summed E-state index contributed by atoms with van der Waals surface area (Å²) in [4.78, 5) is 0. The van der Waals surface area contributed by atoms with Gasteiger partial charge in [-0.15, -0.1) is 0 Å². The highest BCUT2D eigenvalue weighted by atomic mass is 19.3. The number of phenolic OH excluding ortho intramolecular Hbond substituents is 1. The number of nitrogens with one attached hydrogen (secondary N) is 1. The van der Waals surface area contributed by atoms with Crippen LogP contribution in [0.15, 0.2) is 48.5 Å². The molecule has 2 N–H and O–H groups in total. The van der Waals surface area contributed by atoms with Gasteiger partial charge < -0.3 is 15.2 Å². The summed E-state index contributed by atoms with van der Waals surface area (Å²) in [5.41, 5.74) is 1.80. The summed E-state index contributed by atoms with van der Waals surface area (Å²) in [5, 5.41) is 12.7. The van der Waals surface area contributed by atoms with Gasteiger partial charge in [-0.05, 0) is 42.3 Å². The predicted molar refractivity (Wildman–Crippen MR) is 76.4 cm³/mol. The lowest BCUT2D eigenvalue weighted by molar-refractivity contribution is -0.0499. The Morgan fingerprint density at radius 3 is 2.62 bits per heavy atom. The highest BCUT2D eigenvalue weighted by Crippen LogP contribution is 2.21. The lowest BCUT2D eigenvalue weighted by Crippen LogP contribution is -2.18. The Morgan fingerprint density at radius 2 is 1.90 bits per heavy atom. The molecule has 21 heavy (non-hydrogen) atoms. The molecule has 0 aliphatic carbocycles. The summed E-state index contributed by atoms with van der Waals surface area (Å²) in [6.07, 6.45) is 0. The number of ether oxygens (including phenoxy) is 1. The number of halogens is 2. The van der Waals surface area contributed by atoms with E-state index in [0.717, 1.165) is 11.1 Å². The number of aromatic hydroxyl groups is 1. The van der Waals surface area contributed by atoms with Gasteiger partial charge in [-0.25, -0.2) is 0 Å². The Balaban J connectivity index is 1.98. The quantitative estimate of drug-likeness (QED) is 0.850. The van der Waals surface area contributed by atoms with Crippen LogP contribution in [0.3, 0.4) is 0 Å². The summed E-state index contributed by atoms with van der Waals surface area (Å²) < 4.78 is 28.8. The second-order valence-corrected chi connectivity index (χ2v) is 4.72. The van der Waals surface area contributed by atoms with E-state index in [4.69, 9.17) is 0 Å². The van der Waals surface area contributed by atoms with E-state index < -0.39 is 6.61 Å². The molecule has 0 bridgehead atoms. The first-order chi connectivity index (χ1) is 10.0. The van der Waals surface area contributed by atoms with Crippen molar-refractivity contribution in [3.05, 3.63) is 59.7 Å². The van der Waals surface area contributed by atoms with Gasteiger partial charge in [-0.3, -0.25) is 0 Å². The summed E-state index contributed by atoms with van der Waals surface area (Å²) in [6.45, 7) is -0.324. The number of hydrogen-bond acceptors (Lipinski definition) is 3. The Morgan fingerprint density at radius 1 is 1.14 bits per heavy atom. The smallest absolute Gasteiger partial charge is 0.387 e. The van der Waals surface area contributed by atoms with Crippen molar-refractivity contribution in [3.8, 4) is 11.5 Å². The van der Waals surface area contributed by atoms with E-state index in [9.17, 15) is 13.9 Å². The fourth-order valence-corrected chi connectivity index (χ4v) is 2.02. The molecule has 1 unspecified atom stereocenters. The van der Waals surface area contributed by atoms with Crippen LogP contribution in [0.1, 0.15) is 24.1 Å². The fourth-order valence-electron chi connectivity index (χ4n) is 2.02. The first kappa shape index (κ1) is 15.3. The maximum absolute atomic E-state index is 12.2. The maximum atomic E-state index is 12.2. The van der Waals surface area contributed by atoms with Crippen molar-refractivity contribution in [1.82, 2.24) is 5.32 Å². The molecule has 0 saturated carbocycles. The van der Waals surface area contributed by atoms with Gasteiger partial charge in [-0.1, -0.05) is 24.3 Å². The Bertz CT molecular complexity index is 590. The number of alkyl halides is 2. The van der Waals surface area contributed by atoms with Crippen molar-refractivity contribution in [2.45, 2.75) is 26.1 Å². The van der Waals surface area contributed by atoms with Gasteiger partial charge in [-0.2, -0.15) is 8.78 Å². The molecule has 0 aliphatic rings. The number of hydrogen-bond donors (Lipinski definition) is 2. The molecule has 0 amide bonds. The van der Waals surface area contributed by atoms with Crippen LogP contribution < -0.4 is 10.1 Å². The topological polar surface area (TPSA) is 41.5 Å². The maximum Gasteiger partial charge on any atom is 0.387 e. The molecular formula is C16H17F2NO2. The third-order valence-corrected chi connectivity index (χ3v) is 3.11. The van der Waals surface area contributed by atoms with E-state index >= 15 is 0 Å². The molecule has 1 atom stereocenters. The van der Waals surface area contributed by atoms with E-state index in [1.165, 1.54) is 6.07 Å². The van der Waals surface area contributed by atoms with Gasteiger partial charge in [0.1, 0.15) is 11.5 Å². The molecule has 0 spiro atoms. The fraction of sp³-hybridized carbons (Fsp3) is 0.250. The van der Waals surface area contributed by atoms with E-state index in [1.54, 1.807) is 30.3 Å². The van der Waals surface area contributed by atoms with E-state index in [-0.39, 0.29) is 17.5 Å². The average molecular weight is 293 g/mol. The van der Waals surface area contributed by atoms with Gasteiger partial charge in [0.25, 0.3) is 0 Å². The van der Waals surface area contributed by atoms with Crippen LogP contribution in [-0.2, 0) is 6.54 Å². The van der Waals surface area contributed by atoms with Gasteiger partial charge in [0.15, 0.2) is 0 Å². The third-order valence-electron chi connectivity index (χ3n) is 3.11. The summed E-state index contributed by atoms with van der Waals surface area (Å²) >= 11 is 0. The van der Waals surface area contributed by atoms with Crippen molar-refractivity contribution >= 4 is 0 Å². The largest absolute Gasteiger partial charge is 0.508 e. The summed E-state index contributed by atoms with van der Waals surface area (Å²) in [7, 11) is 0. The molecule has 0 aliphatic heterocycles. The molecule has 0 aromatic heterocycles. The summed E-state index contributed by atoms with van der Waals surface area (Å²) in [6, 6.07) is 13.5. The number of benzene rings is 2. The van der Waals surface area contributed by atoms with Crippen LogP contribution in [-0.4, -0.2) is 11.7 Å². The van der Waals surface area contributed by atoms with Crippen molar-refractivity contribution < 1.29 is 18.6 Å². The average Bonchev–Trinajstić information content (AvgIpc) is 2.44. The minimum Gasteiger partial charge on any atom is -0.508 e. The molecule has 2 aromatic carbocycles. The SMILES string of the molecule is CC(NCc1cccc(O)c1)c1cccc(OC(F)F)c1. The lowest BCUT2D eigenvalue weighted by Gasteiger charge is -2.15. The zero-order valence-electron chi connectivity index (χ0n) is 11.6. The van der Waals surface area contributed by atoms with Crippen LogP contribution in [0.5, 0.6) is 11.5 Å². The molecule has 112 valence electrons. The molecule has 2 rings (SSSR count). The predicted octanol–water partition coefficient (Wildman–Crippen LogP) is 3.84. The van der Waals surface area contributed by atoms with Gasteiger partial charge in [0.2, 0.25) is 0 Å². The third kappa shape index (κ3) is 4.72. The first-order valence-corrected chi connectivity index (χ1v) is 6.60. The Hall–Kier alpha value is -2.14. The van der Waals surface area contributed by atoms with Crippen LogP contribution in [0.4, 0.5) is 8.78 Å². The molecule has 0 saturated heterocycles. The minimum absolute atomic E-state index is 0.0337. The van der Waals surface area contributed by atoms with Gasteiger partial charge in [0, 0.05) is 12.6 Å². The minimum atomic E-state index is -2.82. The molecule has 0 heterocycles. The highest BCUT2D eigenvalue weighted by molar-refractivity contribution is 5.31. The number of rotatable bonds is 6. The summed E-state index contributed by atoms with van der Waals surface area (Å²) in [5.74, 6) is 0.364. The monoisotopic (exact) mass is 293 g/mol. The lowest BCUT2D eigenvalue weighted by atomic mass is 10.1. The Labute approximate surface area is 122 Å². The van der Waals surface area contributed by atoms with Gasteiger partial charge in [0.05, 0.1) is 0 Å². The van der Waals surface area contributed by atoms with Crippen molar-refractivity contribution in [1.29, 1.82) is 0 Å². The molecular weight excluding hydrogens is 276 g/mol. The molecule has 5 heteroatoms. The van der Waals surface area contributed by atoms with Crippen LogP contribution in [0, 0.1) is 0 Å². The number of phenols is 1. The standard InChI is InChI=1S/C16H17F2NO2/c1-11(19-10-12-4-2-6-14(20)8-12)13-5-3-7-15(9-13)21-16(17)18/h2-9,11,16,19-20H,10H2,1H3.